The van der Waals surface area contributed by atoms with E-state index < -0.39 is 30.9 Å². The molecule has 3 aromatic carbocycles. The first-order valence-electron chi connectivity index (χ1n) is 10.2. The Bertz CT molecular complexity index is 1190. The van der Waals surface area contributed by atoms with Crippen LogP contribution in [-0.4, -0.2) is 30.3 Å². The normalized spacial score (nSPS) is 13.9. The van der Waals surface area contributed by atoms with E-state index in [1.807, 2.05) is 18.2 Å². The fourth-order valence-corrected chi connectivity index (χ4v) is 4.41. The van der Waals surface area contributed by atoms with Crippen LogP contribution in [0.2, 0.25) is 0 Å². The number of aliphatic hydroxyl groups excluding tert-OH is 1. The number of hydrogen-bond donors (Lipinski definition) is 1. The van der Waals surface area contributed by atoms with E-state index >= 15 is 0 Å². The molecule has 0 aliphatic heterocycles. The Hall–Kier alpha value is -2.72. The zero-order chi connectivity index (χ0) is 24.7. The van der Waals surface area contributed by atoms with Gasteiger partial charge in [-0.05, 0) is 70.6 Å². The third-order valence-electron chi connectivity index (χ3n) is 5.47. The molecule has 1 N–H and O–H groups in total. The number of hydrogen-bond acceptors (Lipinski definition) is 3. The highest BCUT2D eigenvalue weighted by molar-refractivity contribution is 9.10. The molecule has 1 atom stereocenters. The summed E-state index contributed by atoms with van der Waals surface area (Å²) in [5.41, 5.74) is 4.68. The Morgan fingerprint density at radius 2 is 1.59 bits per heavy atom. The Balaban J connectivity index is 1.64. The van der Waals surface area contributed by atoms with Gasteiger partial charge in [0.25, 0.3) is 0 Å². The monoisotopic (exact) mass is 545 g/mol. The molecule has 1 unspecified atom stereocenters. The summed E-state index contributed by atoms with van der Waals surface area (Å²) in [5, 5.41) is 9.72. The minimum Gasteiger partial charge on any atom is -0.406 e. The lowest BCUT2D eigenvalue weighted by Gasteiger charge is -2.29. The molecule has 0 spiro atoms. The van der Waals surface area contributed by atoms with E-state index in [1.165, 1.54) is 17.0 Å². The molecule has 0 aromatic heterocycles. The van der Waals surface area contributed by atoms with Gasteiger partial charge < -0.3 is 14.7 Å². The highest BCUT2D eigenvalue weighted by Crippen LogP contribution is 2.40. The Morgan fingerprint density at radius 3 is 2.26 bits per heavy atom. The van der Waals surface area contributed by atoms with Gasteiger partial charge in [-0.25, -0.2) is 0 Å². The molecule has 1 aliphatic carbocycles. The third-order valence-corrected chi connectivity index (χ3v) is 5.96. The van der Waals surface area contributed by atoms with Crippen molar-refractivity contribution in [2.24, 2.45) is 0 Å². The van der Waals surface area contributed by atoms with Gasteiger partial charge in [0, 0.05) is 16.7 Å². The molecule has 180 valence electrons. The molecule has 34 heavy (non-hydrogen) atoms. The van der Waals surface area contributed by atoms with Gasteiger partial charge in [0.15, 0.2) is 6.10 Å². The first-order valence-corrected chi connectivity index (χ1v) is 10.9. The fourth-order valence-electron chi connectivity index (χ4n) is 4.00. The van der Waals surface area contributed by atoms with Crippen molar-refractivity contribution in [3.63, 3.8) is 0 Å². The lowest BCUT2D eigenvalue weighted by Crippen LogP contribution is -2.40. The molecule has 0 fully saturated rings. The average Bonchev–Trinajstić information content (AvgIpc) is 3.08. The van der Waals surface area contributed by atoms with Crippen LogP contribution < -0.4 is 9.64 Å². The molecule has 3 aromatic rings. The van der Waals surface area contributed by atoms with E-state index in [2.05, 4.69) is 20.7 Å². The van der Waals surface area contributed by atoms with E-state index in [4.69, 9.17) is 0 Å². The molecule has 3 nitrogen and oxygen atoms in total. The summed E-state index contributed by atoms with van der Waals surface area (Å²) >= 11 is 3.43. The fraction of sp³-hybridized carbons (Fsp3) is 0.250. The SMILES string of the molecule is OC(CN(Cc1cccc(OC(F)(F)F)c1)c1ccc2c(c1)Cc1cc(Br)ccc1-2)C(F)(F)F. The molecule has 4 rings (SSSR count). The van der Waals surface area contributed by atoms with E-state index in [-0.39, 0.29) is 6.54 Å². The van der Waals surface area contributed by atoms with Gasteiger partial charge in [-0.2, -0.15) is 13.2 Å². The average molecular weight is 546 g/mol. The molecular formula is C24H18BrF6NO2. The van der Waals surface area contributed by atoms with Gasteiger partial charge in [0.2, 0.25) is 0 Å². The van der Waals surface area contributed by atoms with Crippen LogP contribution in [-0.2, 0) is 13.0 Å². The largest absolute Gasteiger partial charge is 0.573 e. The maximum atomic E-state index is 13.1. The Labute approximate surface area is 199 Å². The molecule has 1 aliphatic rings. The topological polar surface area (TPSA) is 32.7 Å². The van der Waals surface area contributed by atoms with Gasteiger partial charge in [0.05, 0.1) is 6.54 Å². The second-order valence-electron chi connectivity index (χ2n) is 7.95. The third kappa shape index (κ3) is 5.67. The van der Waals surface area contributed by atoms with Gasteiger partial charge >= 0.3 is 12.5 Å². The molecule has 0 saturated carbocycles. The van der Waals surface area contributed by atoms with Crippen molar-refractivity contribution in [3.8, 4) is 16.9 Å². The minimum absolute atomic E-state index is 0.167. The summed E-state index contributed by atoms with van der Waals surface area (Å²) in [7, 11) is 0. The van der Waals surface area contributed by atoms with Crippen molar-refractivity contribution in [3.05, 3.63) is 81.8 Å². The lowest BCUT2D eigenvalue weighted by molar-refractivity contribution is -0.274. The maximum Gasteiger partial charge on any atom is 0.573 e. The highest BCUT2D eigenvalue weighted by atomic mass is 79.9. The van der Waals surface area contributed by atoms with Gasteiger partial charge in [-0.15, -0.1) is 13.2 Å². The number of fused-ring (bicyclic) bond motifs is 3. The number of aliphatic hydroxyl groups is 1. The number of ether oxygens (including phenoxy) is 1. The summed E-state index contributed by atoms with van der Waals surface area (Å²) in [6, 6.07) is 16.1. The molecule has 0 amide bonds. The molecule has 0 heterocycles. The highest BCUT2D eigenvalue weighted by Gasteiger charge is 2.39. The van der Waals surface area contributed by atoms with Crippen LogP contribution in [0.4, 0.5) is 32.0 Å². The molecular weight excluding hydrogens is 528 g/mol. The van der Waals surface area contributed by atoms with Gasteiger partial charge in [-0.1, -0.05) is 40.2 Å². The quantitative estimate of drug-likeness (QED) is 0.269. The van der Waals surface area contributed by atoms with E-state index in [0.29, 0.717) is 17.7 Å². The lowest BCUT2D eigenvalue weighted by atomic mass is 10.0. The van der Waals surface area contributed by atoms with Crippen LogP contribution in [0.25, 0.3) is 11.1 Å². The number of rotatable bonds is 6. The first-order chi connectivity index (χ1) is 15.9. The summed E-state index contributed by atoms with van der Waals surface area (Å²) < 4.78 is 81.9. The van der Waals surface area contributed by atoms with E-state index in [9.17, 15) is 31.4 Å². The molecule has 0 saturated heterocycles. The van der Waals surface area contributed by atoms with E-state index in [0.717, 1.165) is 38.9 Å². The predicted molar refractivity (Wildman–Crippen MR) is 119 cm³/mol. The van der Waals surface area contributed by atoms with Crippen molar-refractivity contribution in [1.82, 2.24) is 0 Å². The summed E-state index contributed by atoms with van der Waals surface area (Å²) in [6.45, 7) is -0.954. The van der Waals surface area contributed by atoms with Crippen molar-refractivity contribution < 1.29 is 36.2 Å². The van der Waals surface area contributed by atoms with Crippen LogP contribution in [0.1, 0.15) is 16.7 Å². The van der Waals surface area contributed by atoms with Crippen LogP contribution in [0, 0.1) is 0 Å². The number of anilines is 1. The van der Waals surface area contributed by atoms with Crippen LogP contribution in [0.15, 0.2) is 65.1 Å². The molecule has 0 radical (unpaired) electrons. The number of nitrogens with zero attached hydrogens (tertiary/aromatic N) is 1. The van der Waals surface area contributed by atoms with Crippen LogP contribution in [0.5, 0.6) is 5.75 Å². The smallest absolute Gasteiger partial charge is 0.406 e. The molecule has 10 heteroatoms. The zero-order valence-corrected chi connectivity index (χ0v) is 19.0. The van der Waals surface area contributed by atoms with E-state index in [1.54, 1.807) is 18.2 Å². The zero-order valence-electron chi connectivity index (χ0n) is 17.4. The number of halogens is 7. The second-order valence-corrected chi connectivity index (χ2v) is 8.87. The Kier molecular flexibility index (Phi) is 6.56. The Morgan fingerprint density at radius 1 is 0.912 bits per heavy atom. The number of alkyl halides is 6. The second kappa shape index (κ2) is 9.14. The molecule has 0 bridgehead atoms. The van der Waals surface area contributed by atoms with Crippen molar-refractivity contribution in [1.29, 1.82) is 0 Å². The van der Waals surface area contributed by atoms with Crippen molar-refractivity contribution in [2.75, 3.05) is 11.4 Å². The summed E-state index contributed by atoms with van der Waals surface area (Å²) in [5.74, 6) is -0.476. The number of benzene rings is 3. The first kappa shape index (κ1) is 24.4. The van der Waals surface area contributed by atoms with Crippen molar-refractivity contribution in [2.45, 2.75) is 31.6 Å². The van der Waals surface area contributed by atoms with Gasteiger partial charge in [-0.3, -0.25) is 0 Å². The summed E-state index contributed by atoms with van der Waals surface area (Å²) in [4.78, 5) is 1.30. The van der Waals surface area contributed by atoms with Gasteiger partial charge in [0.1, 0.15) is 5.75 Å². The standard InChI is InChI=1S/C24H18BrF6NO2/c25-17-4-6-20-15(10-17)9-16-11-18(5-7-21(16)20)32(13-22(33)23(26,27)28)12-14-2-1-3-19(8-14)34-24(29,30)31/h1-8,10-11,22,33H,9,12-13H2. The maximum absolute atomic E-state index is 13.1. The summed E-state index contributed by atoms with van der Waals surface area (Å²) in [6.07, 6.45) is -11.8. The minimum atomic E-state index is -4.89. The van der Waals surface area contributed by atoms with Crippen molar-refractivity contribution >= 4 is 21.6 Å². The van der Waals surface area contributed by atoms with Crippen LogP contribution in [0.3, 0.4) is 0 Å². The predicted octanol–water partition coefficient (Wildman–Crippen LogP) is 6.85. The van der Waals surface area contributed by atoms with Crippen LogP contribution >= 0.6 is 15.9 Å².